The molecule has 8 heteroatoms. The Balaban J connectivity index is 1.71. The van der Waals surface area contributed by atoms with Crippen LogP contribution < -0.4 is 0 Å². The van der Waals surface area contributed by atoms with Crippen LogP contribution in [0, 0.1) is 6.92 Å². The van der Waals surface area contributed by atoms with Crippen LogP contribution in [0.15, 0.2) is 11.2 Å². The normalized spacial score (nSPS) is 15.0. The van der Waals surface area contributed by atoms with Gasteiger partial charge >= 0.3 is 0 Å². The summed E-state index contributed by atoms with van der Waals surface area (Å²) in [5, 5.41) is 13.0. The number of aryl methyl sites for hydroxylation is 1. The van der Waals surface area contributed by atoms with Crippen molar-refractivity contribution < 1.29 is 0 Å². The molecular formula is C10H11ClN6S. The van der Waals surface area contributed by atoms with Gasteiger partial charge in [-0.25, -0.2) is 14.6 Å². The minimum absolute atomic E-state index is 0.472. The quantitative estimate of drug-likeness (QED) is 0.631. The van der Waals surface area contributed by atoms with Crippen LogP contribution in [0.1, 0.15) is 30.4 Å². The van der Waals surface area contributed by atoms with Crippen LogP contribution in [-0.4, -0.2) is 30.2 Å². The van der Waals surface area contributed by atoms with Crippen LogP contribution >= 0.6 is 23.4 Å². The molecule has 0 bridgehead atoms. The Kier molecular flexibility index (Phi) is 3.17. The Morgan fingerprint density at radius 3 is 3.00 bits per heavy atom. The fourth-order valence-electron chi connectivity index (χ4n) is 1.61. The molecule has 18 heavy (non-hydrogen) atoms. The summed E-state index contributed by atoms with van der Waals surface area (Å²) in [5.74, 6) is 1.32. The fourth-order valence-corrected chi connectivity index (χ4v) is 2.67. The van der Waals surface area contributed by atoms with Gasteiger partial charge in [-0.1, -0.05) is 23.4 Å². The number of halogens is 1. The Morgan fingerprint density at radius 2 is 2.28 bits per heavy atom. The summed E-state index contributed by atoms with van der Waals surface area (Å²) in [5.41, 5.74) is 0.868. The average Bonchev–Trinajstić information content (AvgIpc) is 3.05. The molecule has 0 amide bonds. The number of nitrogens with zero attached hydrogens (tertiary/aromatic N) is 6. The van der Waals surface area contributed by atoms with Crippen molar-refractivity contribution in [2.75, 3.05) is 0 Å². The fraction of sp³-hybridized carbons (Fsp3) is 0.500. The van der Waals surface area contributed by atoms with Crippen LogP contribution in [0.3, 0.4) is 0 Å². The number of hydrogen-bond donors (Lipinski definition) is 0. The van der Waals surface area contributed by atoms with Gasteiger partial charge in [-0.05, 0) is 36.3 Å². The maximum atomic E-state index is 5.90. The first-order valence-corrected chi connectivity index (χ1v) is 6.99. The van der Waals surface area contributed by atoms with E-state index >= 15 is 0 Å². The lowest BCUT2D eigenvalue weighted by Gasteiger charge is -2.02. The second-order valence-corrected chi connectivity index (χ2v) is 5.50. The summed E-state index contributed by atoms with van der Waals surface area (Å²) in [6, 6.07) is 2.22. The summed E-state index contributed by atoms with van der Waals surface area (Å²) in [7, 11) is 0. The number of thioether (sulfide) groups is 1. The first-order chi connectivity index (χ1) is 8.72. The molecule has 0 N–H and O–H groups in total. The molecule has 1 aliphatic rings. The van der Waals surface area contributed by atoms with Gasteiger partial charge in [0.05, 0.1) is 11.8 Å². The van der Waals surface area contributed by atoms with Crippen molar-refractivity contribution in [3.63, 3.8) is 0 Å². The van der Waals surface area contributed by atoms with Crippen molar-refractivity contribution in [1.82, 2.24) is 30.2 Å². The molecule has 0 unspecified atom stereocenters. The molecule has 0 saturated heterocycles. The summed E-state index contributed by atoms with van der Waals surface area (Å²) in [6.45, 7) is 1.90. The molecule has 0 aliphatic heterocycles. The highest BCUT2D eigenvalue weighted by Gasteiger charge is 2.27. The van der Waals surface area contributed by atoms with Gasteiger partial charge in [0.2, 0.25) is 5.16 Å². The molecular weight excluding hydrogens is 272 g/mol. The highest BCUT2D eigenvalue weighted by atomic mass is 35.5. The molecule has 0 aromatic carbocycles. The van der Waals surface area contributed by atoms with Gasteiger partial charge in [0.1, 0.15) is 11.0 Å². The molecule has 3 rings (SSSR count). The van der Waals surface area contributed by atoms with Gasteiger partial charge in [0.25, 0.3) is 0 Å². The van der Waals surface area contributed by atoms with Gasteiger partial charge in [0, 0.05) is 5.69 Å². The molecule has 2 aromatic heterocycles. The first-order valence-electron chi connectivity index (χ1n) is 5.63. The second kappa shape index (κ2) is 4.81. The van der Waals surface area contributed by atoms with Gasteiger partial charge in [-0.2, -0.15) is 0 Å². The smallest absolute Gasteiger partial charge is 0.210 e. The summed E-state index contributed by atoms with van der Waals surface area (Å²) in [4.78, 5) is 8.51. The average molecular weight is 283 g/mol. The van der Waals surface area contributed by atoms with E-state index in [1.165, 1.54) is 11.8 Å². The molecule has 94 valence electrons. The Hall–Kier alpha value is -1.21. The standard InChI is InChI=1S/C10H11ClN6S/c1-6-4-8(11)13-9(12-6)5-18-10-14-15-16-17(10)7-2-3-7/h4,7H,2-3,5H2,1H3. The van der Waals surface area contributed by atoms with E-state index in [1.54, 1.807) is 6.07 Å². The lowest BCUT2D eigenvalue weighted by molar-refractivity contribution is 0.565. The molecule has 0 spiro atoms. The minimum Gasteiger partial charge on any atom is -0.237 e. The third-order valence-corrected chi connectivity index (χ3v) is 3.68. The van der Waals surface area contributed by atoms with Gasteiger partial charge in [0.15, 0.2) is 0 Å². The van der Waals surface area contributed by atoms with Crippen molar-refractivity contribution in [3.8, 4) is 0 Å². The zero-order valence-corrected chi connectivity index (χ0v) is 11.3. The van der Waals surface area contributed by atoms with Gasteiger partial charge in [-0.3, -0.25) is 0 Å². The molecule has 0 atom stereocenters. The van der Waals surface area contributed by atoms with Crippen LogP contribution in [0.5, 0.6) is 0 Å². The Labute approximate surface area is 113 Å². The largest absolute Gasteiger partial charge is 0.237 e. The maximum Gasteiger partial charge on any atom is 0.210 e. The van der Waals surface area contributed by atoms with Crippen molar-refractivity contribution in [2.24, 2.45) is 0 Å². The number of tetrazole rings is 1. The van der Waals surface area contributed by atoms with E-state index in [4.69, 9.17) is 11.6 Å². The van der Waals surface area contributed by atoms with E-state index in [9.17, 15) is 0 Å². The molecule has 2 heterocycles. The number of rotatable bonds is 4. The second-order valence-electron chi connectivity index (χ2n) is 4.17. The predicted octanol–water partition coefficient (Wildman–Crippen LogP) is 2.05. The third-order valence-electron chi connectivity index (χ3n) is 2.55. The van der Waals surface area contributed by atoms with Crippen LogP contribution in [-0.2, 0) is 5.75 Å². The highest BCUT2D eigenvalue weighted by molar-refractivity contribution is 7.98. The van der Waals surface area contributed by atoms with Crippen molar-refractivity contribution in [2.45, 2.75) is 36.7 Å². The number of aromatic nitrogens is 6. The predicted molar refractivity (Wildman–Crippen MR) is 67.4 cm³/mol. The number of hydrogen-bond acceptors (Lipinski definition) is 6. The molecule has 0 radical (unpaired) electrons. The molecule has 1 aliphatic carbocycles. The summed E-state index contributed by atoms with van der Waals surface area (Å²) >= 11 is 7.43. The zero-order chi connectivity index (χ0) is 12.5. The van der Waals surface area contributed by atoms with Crippen LogP contribution in [0.25, 0.3) is 0 Å². The van der Waals surface area contributed by atoms with Crippen LogP contribution in [0.4, 0.5) is 0 Å². The summed E-state index contributed by atoms with van der Waals surface area (Å²) < 4.78 is 1.88. The minimum atomic E-state index is 0.472. The third kappa shape index (κ3) is 2.62. The van der Waals surface area contributed by atoms with E-state index in [1.807, 2.05) is 11.6 Å². The van der Waals surface area contributed by atoms with Gasteiger partial charge < -0.3 is 0 Å². The van der Waals surface area contributed by atoms with E-state index in [-0.39, 0.29) is 0 Å². The van der Waals surface area contributed by atoms with E-state index in [2.05, 4.69) is 25.5 Å². The topological polar surface area (TPSA) is 69.4 Å². The van der Waals surface area contributed by atoms with Crippen molar-refractivity contribution in [1.29, 1.82) is 0 Å². The molecule has 1 saturated carbocycles. The van der Waals surface area contributed by atoms with Crippen molar-refractivity contribution in [3.05, 3.63) is 22.7 Å². The lowest BCUT2D eigenvalue weighted by atomic mass is 10.4. The monoisotopic (exact) mass is 282 g/mol. The molecule has 6 nitrogen and oxygen atoms in total. The van der Waals surface area contributed by atoms with E-state index < -0.39 is 0 Å². The zero-order valence-electron chi connectivity index (χ0n) is 9.75. The van der Waals surface area contributed by atoms with E-state index in [0.717, 1.165) is 23.7 Å². The van der Waals surface area contributed by atoms with E-state index in [0.29, 0.717) is 22.8 Å². The SMILES string of the molecule is Cc1cc(Cl)nc(CSc2nnnn2C2CC2)n1. The molecule has 1 fully saturated rings. The Bertz CT molecular complexity index is 547. The maximum absolute atomic E-state index is 5.90. The highest BCUT2D eigenvalue weighted by Crippen LogP contribution is 2.36. The van der Waals surface area contributed by atoms with Crippen LogP contribution in [0.2, 0.25) is 5.15 Å². The van der Waals surface area contributed by atoms with Crippen molar-refractivity contribution >= 4 is 23.4 Å². The lowest BCUT2D eigenvalue weighted by Crippen LogP contribution is -2.00. The van der Waals surface area contributed by atoms with Gasteiger partial charge in [-0.15, -0.1) is 5.10 Å². The Morgan fingerprint density at radius 1 is 1.44 bits per heavy atom. The first kappa shape index (κ1) is 11.9. The molecule has 2 aromatic rings. The summed E-state index contributed by atoms with van der Waals surface area (Å²) in [6.07, 6.45) is 2.32.